The maximum atomic E-state index is 12.8. The number of fused-ring (bicyclic) bond motifs is 1. The van der Waals surface area contributed by atoms with E-state index < -0.39 is 0 Å². The van der Waals surface area contributed by atoms with E-state index in [0.29, 0.717) is 60.2 Å². The van der Waals surface area contributed by atoms with Crippen molar-refractivity contribution < 1.29 is 14.0 Å². The van der Waals surface area contributed by atoms with Crippen LogP contribution in [0.4, 0.5) is 0 Å². The third-order valence-corrected chi connectivity index (χ3v) is 5.18. The van der Waals surface area contributed by atoms with Gasteiger partial charge >= 0.3 is 0 Å². The van der Waals surface area contributed by atoms with Gasteiger partial charge in [0.05, 0.1) is 6.42 Å². The van der Waals surface area contributed by atoms with Gasteiger partial charge in [-0.1, -0.05) is 23.7 Å². The summed E-state index contributed by atoms with van der Waals surface area (Å²) in [6.07, 6.45) is 0.341. The van der Waals surface area contributed by atoms with Crippen LogP contribution in [0.25, 0.3) is 11.1 Å². The lowest BCUT2D eigenvalue weighted by Crippen LogP contribution is -2.51. The largest absolute Gasteiger partial charge is 0.441 e. The monoisotopic (exact) mass is 397 g/mol. The van der Waals surface area contributed by atoms with Crippen LogP contribution in [0.5, 0.6) is 0 Å². The molecule has 6 nitrogen and oxygen atoms in total. The molecule has 0 bridgehead atoms. The molecule has 2 aromatic carbocycles. The Morgan fingerprint density at radius 2 is 1.71 bits per heavy atom. The Morgan fingerprint density at radius 3 is 2.43 bits per heavy atom. The van der Waals surface area contributed by atoms with Crippen molar-refractivity contribution in [2.45, 2.75) is 13.3 Å². The topological polar surface area (TPSA) is 66.7 Å². The average Bonchev–Trinajstić information content (AvgIpc) is 3.08. The van der Waals surface area contributed by atoms with Gasteiger partial charge in [0.2, 0.25) is 5.91 Å². The molecule has 0 aliphatic carbocycles. The summed E-state index contributed by atoms with van der Waals surface area (Å²) in [5.41, 5.74) is 2.87. The smallest absolute Gasteiger partial charge is 0.254 e. The van der Waals surface area contributed by atoms with Crippen molar-refractivity contribution in [2.24, 2.45) is 0 Å². The Kier molecular flexibility index (Phi) is 5.05. The SMILES string of the molecule is Cc1nc2cc(C(=O)N3CCN(C(=O)Cc4ccc(Cl)cc4)CC3)ccc2o1. The second kappa shape index (κ2) is 7.64. The highest BCUT2D eigenvalue weighted by Gasteiger charge is 2.25. The minimum absolute atomic E-state index is 0.0487. The van der Waals surface area contributed by atoms with E-state index in [4.69, 9.17) is 16.0 Å². The van der Waals surface area contributed by atoms with Crippen LogP contribution in [0.3, 0.4) is 0 Å². The molecule has 1 aliphatic rings. The van der Waals surface area contributed by atoms with Crippen LogP contribution in [-0.4, -0.2) is 52.8 Å². The summed E-state index contributed by atoms with van der Waals surface area (Å²) in [5.74, 6) is 0.591. The van der Waals surface area contributed by atoms with Gasteiger partial charge in [0.1, 0.15) is 5.52 Å². The lowest BCUT2D eigenvalue weighted by Gasteiger charge is -2.35. The molecule has 4 rings (SSSR count). The van der Waals surface area contributed by atoms with Crippen molar-refractivity contribution in [1.29, 1.82) is 0 Å². The first-order chi connectivity index (χ1) is 13.5. The number of oxazole rings is 1. The maximum absolute atomic E-state index is 12.8. The number of rotatable bonds is 3. The van der Waals surface area contributed by atoms with Gasteiger partial charge < -0.3 is 14.2 Å². The van der Waals surface area contributed by atoms with Crippen molar-refractivity contribution in [3.63, 3.8) is 0 Å². The Bertz CT molecular complexity index is 1020. The molecule has 28 heavy (non-hydrogen) atoms. The Balaban J connectivity index is 1.36. The second-order valence-corrected chi connectivity index (χ2v) is 7.33. The van der Waals surface area contributed by atoms with Crippen LogP contribution in [0.2, 0.25) is 5.02 Å². The predicted molar refractivity (Wildman–Crippen MR) is 106 cm³/mol. The van der Waals surface area contributed by atoms with Gasteiger partial charge in [-0.3, -0.25) is 9.59 Å². The maximum Gasteiger partial charge on any atom is 0.254 e. The molecule has 0 unspecified atom stereocenters. The molecule has 0 spiro atoms. The normalized spacial score (nSPS) is 14.5. The molecular weight excluding hydrogens is 378 g/mol. The summed E-state index contributed by atoms with van der Waals surface area (Å²) in [5, 5.41) is 0.655. The number of piperazine rings is 1. The number of benzene rings is 2. The first kappa shape index (κ1) is 18.5. The number of nitrogens with zero attached hydrogens (tertiary/aromatic N) is 3. The number of aryl methyl sites for hydroxylation is 1. The Hall–Kier alpha value is -2.86. The number of aromatic nitrogens is 1. The average molecular weight is 398 g/mol. The quantitative estimate of drug-likeness (QED) is 0.680. The molecule has 2 amide bonds. The molecular formula is C21H20ClN3O3. The van der Waals surface area contributed by atoms with Gasteiger partial charge in [0.15, 0.2) is 11.5 Å². The molecule has 3 aromatic rings. The predicted octanol–water partition coefficient (Wildman–Crippen LogP) is 3.32. The van der Waals surface area contributed by atoms with Crippen LogP contribution in [0, 0.1) is 6.92 Å². The lowest BCUT2D eigenvalue weighted by molar-refractivity contribution is -0.131. The van der Waals surface area contributed by atoms with Crippen LogP contribution in [0.1, 0.15) is 21.8 Å². The molecule has 1 saturated heterocycles. The number of amides is 2. The van der Waals surface area contributed by atoms with Crippen molar-refractivity contribution >= 4 is 34.5 Å². The summed E-state index contributed by atoms with van der Waals surface area (Å²) in [6.45, 7) is 3.87. The van der Waals surface area contributed by atoms with Gasteiger partial charge in [-0.05, 0) is 35.9 Å². The molecule has 144 valence electrons. The zero-order chi connectivity index (χ0) is 19.7. The molecule has 0 saturated carbocycles. The first-order valence-corrected chi connectivity index (χ1v) is 9.56. The fourth-order valence-electron chi connectivity index (χ4n) is 3.41. The fourth-order valence-corrected chi connectivity index (χ4v) is 3.53. The summed E-state index contributed by atoms with van der Waals surface area (Å²) in [7, 11) is 0. The molecule has 1 fully saturated rings. The van der Waals surface area contributed by atoms with Crippen molar-refractivity contribution in [3.8, 4) is 0 Å². The van der Waals surface area contributed by atoms with Crippen molar-refractivity contribution in [1.82, 2.24) is 14.8 Å². The van der Waals surface area contributed by atoms with E-state index in [2.05, 4.69) is 4.98 Å². The molecule has 1 aliphatic heterocycles. The third-order valence-electron chi connectivity index (χ3n) is 4.93. The van der Waals surface area contributed by atoms with Gasteiger partial charge in [-0.15, -0.1) is 0 Å². The van der Waals surface area contributed by atoms with Crippen LogP contribution in [-0.2, 0) is 11.2 Å². The number of carbonyl (C=O) groups is 2. The van der Waals surface area contributed by atoms with E-state index >= 15 is 0 Å². The Morgan fingerprint density at radius 1 is 1.04 bits per heavy atom. The number of halogens is 1. The lowest BCUT2D eigenvalue weighted by atomic mass is 10.1. The molecule has 0 radical (unpaired) electrons. The molecule has 7 heteroatoms. The van der Waals surface area contributed by atoms with Gasteiger partial charge in [0.25, 0.3) is 5.91 Å². The van der Waals surface area contributed by atoms with E-state index in [9.17, 15) is 9.59 Å². The standard InChI is InChI=1S/C21H20ClN3O3/c1-14-23-18-13-16(4-7-19(18)28-14)21(27)25-10-8-24(9-11-25)20(26)12-15-2-5-17(22)6-3-15/h2-7,13H,8-12H2,1H3. The van der Waals surface area contributed by atoms with Gasteiger partial charge in [-0.25, -0.2) is 4.98 Å². The number of hydrogen-bond acceptors (Lipinski definition) is 4. The Labute approximate surface area is 167 Å². The minimum atomic E-state index is -0.0487. The van der Waals surface area contributed by atoms with E-state index in [0.717, 1.165) is 5.56 Å². The van der Waals surface area contributed by atoms with Crippen LogP contribution in [0.15, 0.2) is 46.9 Å². The van der Waals surface area contributed by atoms with Crippen molar-refractivity contribution in [3.05, 3.63) is 64.5 Å². The van der Waals surface area contributed by atoms with Crippen LogP contribution < -0.4 is 0 Å². The van der Waals surface area contributed by atoms with Gasteiger partial charge in [0, 0.05) is 43.7 Å². The summed E-state index contributed by atoms with van der Waals surface area (Å²) >= 11 is 5.88. The first-order valence-electron chi connectivity index (χ1n) is 9.18. The van der Waals surface area contributed by atoms with Crippen molar-refractivity contribution in [2.75, 3.05) is 26.2 Å². The van der Waals surface area contributed by atoms with E-state index in [-0.39, 0.29) is 11.8 Å². The highest BCUT2D eigenvalue weighted by molar-refractivity contribution is 6.30. The van der Waals surface area contributed by atoms with Gasteiger partial charge in [-0.2, -0.15) is 0 Å². The molecule has 1 aromatic heterocycles. The number of carbonyl (C=O) groups excluding carboxylic acids is 2. The van der Waals surface area contributed by atoms with Crippen LogP contribution >= 0.6 is 11.6 Å². The summed E-state index contributed by atoms with van der Waals surface area (Å²) in [6, 6.07) is 12.6. The van der Waals surface area contributed by atoms with E-state index in [1.165, 1.54) is 0 Å². The molecule has 0 atom stereocenters. The third kappa shape index (κ3) is 3.87. The highest BCUT2D eigenvalue weighted by Crippen LogP contribution is 2.19. The van der Waals surface area contributed by atoms with E-state index in [1.807, 2.05) is 17.0 Å². The second-order valence-electron chi connectivity index (χ2n) is 6.89. The highest BCUT2D eigenvalue weighted by atomic mass is 35.5. The molecule has 2 heterocycles. The fraction of sp³-hybridized carbons (Fsp3) is 0.286. The molecule has 0 N–H and O–H groups in total. The number of hydrogen-bond donors (Lipinski definition) is 0. The minimum Gasteiger partial charge on any atom is -0.441 e. The zero-order valence-corrected chi connectivity index (χ0v) is 16.3. The zero-order valence-electron chi connectivity index (χ0n) is 15.5. The van der Waals surface area contributed by atoms with E-state index in [1.54, 1.807) is 42.2 Å². The summed E-state index contributed by atoms with van der Waals surface area (Å²) in [4.78, 5) is 33.2. The summed E-state index contributed by atoms with van der Waals surface area (Å²) < 4.78 is 5.46.